The van der Waals surface area contributed by atoms with Crippen molar-refractivity contribution in [3.05, 3.63) is 0 Å². The lowest BCUT2D eigenvalue weighted by atomic mass is 10.0. The van der Waals surface area contributed by atoms with Crippen LogP contribution >= 0.6 is 0 Å². The highest BCUT2D eigenvalue weighted by Crippen LogP contribution is 2.26. The van der Waals surface area contributed by atoms with Crippen molar-refractivity contribution in [2.45, 2.75) is 52.4 Å². The number of nitrogens with one attached hydrogen (secondary N) is 1. The first-order valence-corrected chi connectivity index (χ1v) is 6.59. The van der Waals surface area contributed by atoms with Gasteiger partial charge in [0.15, 0.2) is 0 Å². The van der Waals surface area contributed by atoms with Crippen molar-refractivity contribution in [3.63, 3.8) is 0 Å². The van der Waals surface area contributed by atoms with Gasteiger partial charge in [-0.1, -0.05) is 13.8 Å². The van der Waals surface area contributed by atoms with E-state index in [-0.39, 0.29) is 0 Å². The van der Waals surface area contributed by atoms with Gasteiger partial charge in [0.25, 0.3) is 0 Å². The lowest BCUT2D eigenvalue weighted by Crippen LogP contribution is -2.52. The molecule has 0 heterocycles. The Labute approximate surface area is 122 Å². The first-order chi connectivity index (χ1) is 9.29. The largest absolute Gasteiger partial charge is 0.458 e. The lowest BCUT2D eigenvalue weighted by molar-refractivity contribution is -0.183. The number of esters is 1. The summed E-state index contributed by atoms with van der Waals surface area (Å²) >= 11 is 0. The molecular formula is C13H23F3N2O3. The molecule has 2 atom stereocenters. The van der Waals surface area contributed by atoms with Gasteiger partial charge in [-0.25, -0.2) is 4.79 Å². The summed E-state index contributed by atoms with van der Waals surface area (Å²) in [6, 6.07) is -1.16. The highest BCUT2D eigenvalue weighted by molar-refractivity contribution is 5.86. The van der Waals surface area contributed by atoms with Gasteiger partial charge in [-0.2, -0.15) is 13.2 Å². The average molecular weight is 312 g/mol. The van der Waals surface area contributed by atoms with Crippen molar-refractivity contribution in [1.82, 2.24) is 5.32 Å². The second kappa shape index (κ2) is 7.11. The molecule has 0 fully saturated rings. The van der Waals surface area contributed by atoms with Crippen LogP contribution < -0.4 is 11.1 Å². The molecule has 0 unspecified atom stereocenters. The topological polar surface area (TPSA) is 81.4 Å². The summed E-state index contributed by atoms with van der Waals surface area (Å²) < 4.78 is 43.0. The second-order valence-corrected chi connectivity index (χ2v) is 6.09. The molecule has 0 saturated carbocycles. The quantitative estimate of drug-likeness (QED) is 0.756. The number of hydrogen-bond acceptors (Lipinski definition) is 4. The molecule has 5 nitrogen and oxygen atoms in total. The van der Waals surface area contributed by atoms with Gasteiger partial charge >= 0.3 is 12.1 Å². The Kier molecular flexibility index (Phi) is 6.66. The van der Waals surface area contributed by atoms with Crippen LogP contribution in [0.2, 0.25) is 0 Å². The van der Waals surface area contributed by atoms with Crippen LogP contribution in [0.1, 0.15) is 34.6 Å². The zero-order valence-electron chi connectivity index (χ0n) is 12.9. The summed E-state index contributed by atoms with van der Waals surface area (Å²) in [5, 5.41) is 2.08. The van der Waals surface area contributed by atoms with E-state index in [2.05, 4.69) is 5.32 Å². The van der Waals surface area contributed by atoms with Crippen LogP contribution in [0.3, 0.4) is 0 Å². The fourth-order valence-corrected chi connectivity index (χ4v) is 1.51. The van der Waals surface area contributed by atoms with E-state index in [4.69, 9.17) is 10.5 Å². The second-order valence-electron chi connectivity index (χ2n) is 6.09. The Hall–Kier alpha value is -1.31. The molecule has 3 N–H and O–H groups in total. The van der Waals surface area contributed by atoms with Gasteiger partial charge in [0.2, 0.25) is 5.91 Å². The molecule has 0 aliphatic carbocycles. The van der Waals surface area contributed by atoms with Gasteiger partial charge in [0.1, 0.15) is 17.6 Å². The molecule has 0 aromatic carbocycles. The fourth-order valence-electron chi connectivity index (χ4n) is 1.51. The molecule has 0 saturated heterocycles. The van der Waals surface area contributed by atoms with E-state index in [9.17, 15) is 22.8 Å². The van der Waals surface area contributed by atoms with Crippen LogP contribution in [0, 0.1) is 11.8 Å². The van der Waals surface area contributed by atoms with Gasteiger partial charge in [-0.3, -0.25) is 4.79 Å². The number of halogens is 3. The number of rotatable bonds is 5. The van der Waals surface area contributed by atoms with Crippen LogP contribution in [0.5, 0.6) is 0 Å². The summed E-state index contributed by atoms with van der Waals surface area (Å²) in [5.74, 6) is -4.87. The molecule has 8 heteroatoms. The predicted octanol–water partition coefficient (Wildman–Crippen LogP) is 1.61. The fraction of sp³-hybridized carbons (Fsp3) is 0.846. The minimum absolute atomic E-state index is 0.421. The van der Waals surface area contributed by atoms with Crippen molar-refractivity contribution < 1.29 is 27.5 Å². The van der Waals surface area contributed by atoms with E-state index in [1.54, 1.807) is 34.6 Å². The summed E-state index contributed by atoms with van der Waals surface area (Å²) in [5.41, 5.74) is 4.19. The maximum atomic E-state index is 12.6. The van der Waals surface area contributed by atoms with Crippen molar-refractivity contribution in [2.75, 3.05) is 6.54 Å². The van der Waals surface area contributed by atoms with Gasteiger partial charge in [-0.05, 0) is 26.7 Å². The van der Waals surface area contributed by atoms with Crippen LogP contribution in [0.4, 0.5) is 13.2 Å². The summed E-state index contributed by atoms with van der Waals surface area (Å²) in [7, 11) is 0. The molecule has 0 aliphatic heterocycles. The molecule has 0 radical (unpaired) electrons. The maximum Gasteiger partial charge on any atom is 0.401 e. The number of carbonyl (C=O) groups excluding carboxylic acids is 2. The Bertz CT molecular complexity index is 376. The van der Waals surface area contributed by atoms with Crippen LogP contribution in [0.15, 0.2) is 0 Å². The molecule has 124 valence electrons. The predicted molar refractivity (Wildman–Crippen MR) is 71.2 cm³/mol. The van der Waals surface area contributed by atoms with E-state index in [0.717, 1.165) is 0 Å². The van der Waals surface area contributed by atoms with Crippen LogP contribution in [0.25, 0.3) is 0 Å². The van der Waals surface area contributed by atoms with Gasteiger partial charge in [0, 0.05) is 6.54 Å². The molecule has 0 aromatic heterocycles. The first kappa shape index (κ1) is 19.7. The van der Waals surface area contributed by atoms with Crippen molar-refractivity contribution >= 4 is 11.9 Å². The van der Waals surface area contributed by atoms with Gasteiger partial charge in [0.05, 0.1) is 0 Å². The number of hydrogen-bond donors (Lipinski definition) is 2. The van der Waals surface area contributed by atoms with Crippen molar-refractivity contribution in [1.29, 1.82) is 0 Å². The molecule has 0 spiro atoms. The molecule has 0 aliphatic rings. The van der Waals surface area contributed by atoms with E-state index >= 15 is 0 Å². The highest BCUT2D eigenvalue weighted by atomic mass is 19.4. The zero-order chi connectivity index (χ0) is 17.0. The van der Waals surface area contributed by atoms with E-state index in [1.807, 2.05) is 0 Å². The summed E-state index contributed by atoms with van der Waals surface area (Å²) in [4.78, 5) is 23.6. The average Bonchev–Trinajstić information content (AvgIpc) is 2.21. The minimum atomic E-state index is -4.76. The number of carbonyl (C=O) groups is 2. The number of amides is 1. The number of ether oxygens (including phenoxy) is 1. The molecule has 21 heavy (non-hydrogen) atoms. The van der Waals surface area contributed by atoms with E-state index < -0.39 is 48.1 Å². The monoisotopic (exact) mass is 312 g/mol. The zero-order valence-corrected chi connectivity index (χ0v) is 12.9. The number of alkyl halides is 3. The Morgan fingerprint density at radius 1 is 1.19 bits per heavy atom. The standard InChI is InChI=1S/C13H23F3N2O3/c1-7(2)9(11(20)21-12(3,4)5)18-10(19)8(6-17)13(14,15)16/h7-9H,6,17H2,1-5H3,(H,18,19)/t8-,9-/m0/s1. The molecular weight excluding hydrogens is 289 g/mol. The van der Waals surface area contributed by atoms with Crippen molar-refractivity contribution in [2.24, 2.45) is 17.6 Å². The third-order valence-corrected chi connectivity index (χ3v) is 2.57. The van der Waals surface area contributed by atoms with E-state index in [1.165, 1.54) is 0 Å². The first-order valence-electron chi connectivity index (χ1n) is 6.59. The molecule has 0 aromatic rings. The smallest absolute Gasteiger partial charge is 0.401 e. The Morgan fingerprint density at radius 3 is 1.95 bits per heavy atom. The maximum absolute atomic E-state index is 12.6. The molecule has 1 amide bonds. The molecule has 0 bridgehead atoms. The van der Waals surface area contributed by atoms with Gasteiger partial charge < -0.3 is 15.8 Å². The van der Waals surface area contributed by atoms with Crippen LogP contribution in [-0.2, 0) is 14.3 Å². The normalized spacial score (nSPS) is 15.5. The van der Waals surface area contributed by atoms with E-state index in [0.29, 0.717) is 0 Å². The number of nitrogens with two attached hydrogens (primary N) is 1. The van der Waals surface area contributed by atoms with Crippen LogP contribution in [-0.4, -0.2) is 36.2 Å². The highest BCUT2D eigenvalue weighted by Gasteiger charge is 2.45. The van der Waals surface area contributed by atoms with Gasteiger partial charge in [-0.15, -0.1) is 0 Å². The minimum Gasteiger partial charge on any atom is -0.458 e. The summed E-state index contributed by atoms with van der Waals surface area (Å²) in [6.45, 7) is 7.20. The lowest BCUT2D eigenvalue weighted by Gasteiger charge is -2.28. The third-order valence-electron chi connectivity index (χ3n) is 2.57. The Morgan fingerprint density at radius 2 is 1.67 bits per heavy atom. The molecule has 0 rings (SSSR count). The summed E-state index contributed by atoms with van der Waals surface area (Å²) in [6.07, 6.45) is -4.76. The SMILES string of the molecule is CC(C)[C@H](NC(=O)[C@H](CN)C(F)(F)F)C(=O)OC(C)(C)C. The Balaban J connectivity index is 5.02. The van der Waals surface area contributed by atoms with Crippen molar-refractivity contribution in [3.8, 4) is 0 Å². The third kappa shape index (κ3) is 6.79.